The Balaban J connectivity index is 2.15. The summed E-state index contributed by atoms with van der Waals surface area (Å²) >= 11 is 2.94. The van der Waals surface area contributed by atoms with Crippen molar-refractivity contribution < 1.29 is 29.1 Å². The highest BCUT2D eigenvalue weighted by Crippen LogP contribution is 2.19. The van der Waals surface area contributed by atoms with E-state index in [1.165, 1.54) is 23.5 Å². The third-order valence-corrected chi connectivity index (χ3v) is 7.25. The minimum atomic E-state index is -1.35. The van der Waals surface area contributed by atoms with E-state index < -0.39 is 60.2 Å². The van der Waals surface area contributed by atoms with Crippen LogP contribution in [0, 0.1) is 0 Å². The molecule has 14 heteroatoms. The standard InChI is InChI=1S/C25H36N6O6S2/c1-38-9-7-16(26)22(33)30-19(12-21(27)32)24(35)29-18(8-10-39-2)23(34)31-20(25(36)37)11-14-13-28-17-6-4-3-5-15(14)17/h3-6,13,16,18-20,28H,7-12,26H2,1-2H3,(H2,27,32)(H,29,35)(H,30,33)(H,31,34)(H,36,37). The fourth-order valence-electron chi connectivity index (χ4n) is 3.83. The summed E-state index contributed by atoms with van der Waals surface area (Å²) in [5.41, 5.74) is 12.7. The molecule has 0 spiro atoms. The van der Waals surface area contributed by atoms with Crippen LogP contribution in [0.2, 0.25) is 0 Å². The predicted octanol–water partition coefficient (Wildman–Crippen LogP) is -0.0417. The molecular weight excluding hydrogens is 544 g/mol. The van der Waals surface area contributed by atoms with E-state index in [0.717, 1.165) is 10.9 Å². The van der Waals surface area contributed by atoms with Crippen LogP contribution in [-0.4, -0.2) is 87.9 Å². The molecule has 9 N–H and O–H groups in total. The van der Waals surface area contributed by atoms with Crippen molar-refractivity contribution in [3.05, 3.63) is 36.0 Å². The fraction of sp³-hybridized carbons (Fsp3) is 0.480. The third kappa shape index (κ3) is 10.1. The van der Waals surface area contributed by atoms with E-state index in [4.69, 9.17) is 11.5 Å². The molecule has 214 valence electrons. The van der Waals surface area contributed by atoms with E-state index in [2.05, 4.69) is 20.9 Å². The van der Waals surface area contributed by atoms with E-state index in [9.17, 15) is 29.1 Å². The molecule has 0 saturated carbocycles. The van der Waals surface area contributed by atoms with Crippen LogP contribution in [0.4, 0.5) is 0 Å². The lowest BCUT2D eigenvalue weighted by molar-refractivity contribution is -0.142. The van der Waals surface area contributed by atoms with Crippen molar-refractivity contribution in [2.75, 3.05) is 24.0 Å². The number of hydrogen-bond acceptors (Lipinski definition) is 8. The molecular formula is C25H36N6O6S2. The Morgan fingerprint density at radius 2 is 1.49 bits per heavy atom. The Labute approximate surface area is 235 Å². The van der Waals surface area contributed by atoms with Gasteiger partial charge in [-0.15, -0.1) is 0 Å². The van der Waals surface area contributed by atoms with Gasteiger partial charge in [-0.05, 0) is 48.5 Å². The number of fused-ring (bicyclic) bond motifs is 1. The lowest BCUT2D eigenvalue weighted by Crippen LogP contribution is -2.58. The van der Waals surface area contributed by atoms with Crippen LogP contribution in [0.15, 0.2) is 30.5 Å². The summed E-state index contributed by atoms with van der Waals surface area (Å²) in [6, 6.07) is 2.77. The zero-order valence-corrected chi connectivity index (χ0v) is 23.5. The molecule has 4 amide bonds. The average Bonchev–Trinajstić information content (AvgIpc) is 3.30. The molecule has 2 rings (SSSR count). The summed E-state index contributed by atoms with van der Waals surface area (Å²) in [6.45, 7) is 0. The number of nitrogens with two attached hydrogens (primary N) is 2. The van der Waals surface area contributed by atoms with Crippen molar-refractivity contribution in [3.8, 4) is 0 Å². The number of carbonyl (C=O) groups excluding carboxylic acids is 4. The van der Waals surface area contributed by atoms with Gasteiger partial charge in [-0.3, -0.25) is 19.2 Å². The number of hydrogen-bond donors (Lipinski definition) is 7. The number of carboxylic acid groups (broad SMARTS) is 1. The van der Waals surface area contributed by atoms with Crippen LogP contribution in [0.3, 0.4) is 0 Å². The first-order chi connectivity index (χ1) is 18.6. The number of nitrogens with one attached hydrogen (secondary N) is 4. The molecule has 1 aromatic carbocycles. The lowest BCUT2D eigenvalue weighted by atomic mass is 10.0. The maximum absolute atomic E-state index is 13.2. The number of para-hydroxylation sites is 1. The molecule has 1 aromatic heterocycles. The van der Waals surface area contributed by atoms with Gasteiger partial charge in [-0.1, -0.05) is 18.2 Å². The van der Waals surface area contributed by atoms with Gasteiger partial charge in [0, 0.05) is 23.5 Å². The number of carboxylic acids is 1. The second kappa shape index (κ2) is 16.0. The van der Waals surface area contributed by atoms with Gasteiger partial charge < -0.3 is 37.5 Å². The minimum Gasteiger partial charge on any atom is -0.480 e. The number of rotatable bonds is 17. The summed E-state index contributed by atoms with van der Waals surface area (Å²) in [5, 5.41) is 18.1. The molecule has 0 aliphatic heterocycles. The molecule has 0 aliphatic carbocycles. The third-order valence-electron chi connectivity index (χ3n) is 5.97. The molecule has 0 radical (unpaired) electrons. The Morgan fingerprint density at radius 3 is 2.13 bits per heavy atom. The maximum Gasteiger partial charge on any atom is 0.326 e. The summed E-state index contributed by atoms with van der Waals surface area (Å²) < 4.78 is 0. The largest absolute Gasteiger partial charge is 0.480 e. The highest BCUT2D eigenvalue weighted by molar-refractivity contribution is 7.98. The van der Waals surface area contributed by atoms with Crippen LogP contribution in [0.5, 0.6) is 0 Å². The summed E-state index contributed by atoms with van der Waals surface area (Å²) in [5.74, 6) is -3.09. The van der Waals surface area contributed by atoms with Gasteiger partial charge in [-0.2, -0.15) is 23.5 Å². The number of benzene rings is 1. The first kappa shape index (κ1) is 32.0. The highest BCUT2D eigenvalue weighted by Gasteiger charge is 2.31. The van der Waals surface area contributed by atoms with E-state index in [-0.39, 0.29) is 12.8 Å². The first-order valence-electron chi connectivity index (χ1n) is 12.3. The number of thioether (sulfide) groups is 2. The number of carbonyl (C=O) groups is 5. The maximum atomic E-state index is 13.2. The molecule has 0 saturated heterocycles. The van der Waals surface area contributed by atoms with Crippen molar-refractivity contribution in [2.24, 2.45) is 11.5 Å². The molecule has 1 heterocycles. The van der Waals surface area contributed by atoms with Crippen LogP contribution in [-0.2, 0) is 30.4 Å². The quantitative estimate of drug-likeness (QED) is 0.134. The smallest absolute Gasteiger partial charge is 0.326 e. The van der Waals surface area contributed by atoms with Crippen molar-refractivity contribution in [1.82, 2.24) is 20.9 Å². The van der Waals surface area contributed by atoms with Gasteiger partial charge in [0.2, 0.25) is 23.6 Å². The van der Waals surface area contributed by atoms with Crippen molar-refractivity contribution in [3.63, 3.8) is 0 Å². The molecule has 0 bridgehead atoms. The van der Waals surface area contributed by atoms with E-state index in [0.29, 0.717) is 23.5 Å². The van der Waals surface area contributed by atoms with Crippen molar-refractivity contribution >= 4 is 64.0 Å². The number of H-pyrrole nitrogens is 1. The highest BCUT2D eigenvalue weighted by atomic mass is 32.2. The predicted molar refractivity (Wildman–Crippen MR) is 153 cm³/mol. The molecule has 0 fully saturated rings. The van der Waals surface area contributed by atoms with Crippen LogP contribution in [0.25, 0.3) is 10.9 Å². The number of amides is 4. The Bertz CT molecular complexity index is 1160. The summed E-state index contributed by atoms with van der Waals surface area (Å²) in [7, 11) is 0. The van der Waals surface area contributed by atoms with E-state index in [1.807, 2.05) is 36.8 Å². The van der Waals surface area contributed by atoms with Crippen LogP contribution < -0.4 is 27.4 Å². The van der Waals surface area contributed by atoms with Gasteiger partial charge in [0.05, 0.1) is 12.5 Å². The molecule has 12 nitrogen and oxygen atoms in total. The van der Waals surface area contributed by atoms with Gasteiger partial charge in [0.25, 0.3) is 0 Å². The Kier molecular flexibility index (Phi) is 13.1. The van der Waals surface area contributed by atoms with Gasteiger partial charge in [0.1, 0.15) is 18.1 Å². The zero-order valence-electron chi connectivity index (χ0n) is 21.9. The normalized spacial score (nSPS) is 14.1. The number of aromatic amines is 1. The monoisotopic (exact) mass is 580 g/mol. The zero-order chi connectivity index (χ0) is 28.9. The van der Waals surface area contributed by atoms with E-state index >= 15 is 0 Å². The first-order valence-corrected chi connectivity index (χ1v) is 15.1. The SMILES string of the molecule is CSCCC(N)C(=O)NC(CC(N)=O)C(=O)NC(CCSC)C(=O)NC(Cc1c[nH]c2ccccc12)C(=O)O. The minimum absolute atomic E-state index is 0.0164. The van der Waals surface area contributed by atoms with Crippen molar-refractivity contribution in [2.45, 2.75) is 49.9 Å². The van der Waals surface area contributed by atoms with E-state index in [1.54, 1.807) is 6.20 Å². The number of aromatic nitrogens is 1. The van der Waals surface area contributed by atoms with Crippen molar-refractivity contribution in [1.29, 1.82) is 0 Å². The second-order valence-electron chi connectivity index (χ2n) is 8.93. The molecule has 4 atom stereocenters. The average molecular weight is 581 g/mol. The van der Waals surface area contributed by atoms with Gasteiger partial charge in [0.15, 0.2) is 0 Å². The molecule has 0 aliphatic rings. The summed E-state index contributed by atoms with van der Waals surface area (Å²) in [4.78, 5) is 65.4. The fourth-order valence-corrected chi connectivity index (χ4v) is 4.80. The molecule has 4 unspecified atom stereocenters. The Hall–Kier alpha value is -3.23. The number of aliphatic carboxylic acids is 1. The lowest BCUT2D eigenvalue weighted by Gasteiger charge is -2.24. The topological polar surface area (TPSA) is 209 Å². The summed E-state index contributed by atoms with van der Waals surface area (Å²) in [6.07, 6.45) is 5.45. The van der Waals surface area contributed by atoms with Crippen LogP contribution in [0.1, 0.15) is 24.8 Å². The van der Waals surface area contributed by atoms with Gasteiger partial charge in [-0.25, -0.2) is 4.79 Å². The number of primary amides is 1. The molecule has 2 aromatic rings. The second-order valence-corrected chi connectivity index (χ2v) is 10.9. The van der Waals surface area contributed by atoms with Crippen LogP contribution >= 0.6 is 23.5 Å². The molecule has 39 heavy (non-hydrogen) atoms. The Morgan fingerprint density at radius 1 is 0.897 bits per heavy atom. The van der Waals surface area contributed by atoms with Gasteiger partial charge >= 0.3 is 5.97 Å².